The van der Waals surface area contributed by atoms with Gasteiger partial charge in [-0.3, -0.25) is 0 Å². The van der Waals surface area contributed by atoms with Gasteiger partial charge in [-0.05, 0) is 38.4 Å². The lowest BCUT2D eigenvalue weighted by molar-refractivity contribution is 0.223. The minimum Gasteiger partial charge on any atom is -0.330 e. The maximum absolute atomic E-state index is 5.45. The molecule has 0 spiro atoms. The van der Waals surface area contributed by atoms with Crippen LogP contribution in [0.3, 0.4) is 0 Å². The first kappa shape index (κ1) is 14.9. The van der Waals surface area contributed by atoms with Gasteiger partial charge in [0.05, 0.1) is 0 Å². The van der Waals surface area contributed by atoms with Crippen molar-refractivity contribution in [2.24, 2.45) is 11.1 Å². The molecule has 0 aliphatic rings. The van der Waals surface area contributed by atoms with Crippen LogP contribution in [0.5, 0.6) is 0 Å². The molecule has 0 rings (SSSR count). The molecule has 0 atom stereocenters. The Morgan fingerprint density at radius 3 is 2.00 bits per heavy atom. The average Bonchev–Trinajstić information content (AvgIpc) is 2.08. The summed E-state index contributed by atoms with van der Waals surface area (Å²) >= 11 is 0. The number of hydrogen-bond acceptors (Lipinski definition) is 2. The smallest absolute Gasteiger partial charge is 0.00270 e. The minimum absolute atomic E-state index is 0.425. The largest absolute Gasteiger partial charge is 0.330 e. The molecule has 0 saturated carbocycles. The van der Waals surface area contributed by atoms with E-state index in [1.807, 2.05) is 0 Å². The van der Waals surface area contributed by atoms with Gasteiger partial charge in [-0.15, -0.1) is 0 Å². The van der Waals surface area contributed by atoms with Crippen molar-refractivity contribution < 1.29 is 0 Å². The normalized spacial score (nSPS) is 12.4. The standard InChI is InChI=1S/C13H30N2/c1-13(2,3)12-15(4)11-9-7-5-6-8-10-14/h5-12,14H2,1-4H3. The van der Waals surface area contributed by atoms with Gasteiger partial charge in [-0.2, -0.15) is 0 Å². The van der Waals surface area contributed by atoms with Gasteiger partial charge in [-0.1, -0.05) is 40.0 Å². The van der Waals surface area contributed by atoms with Crippen LogP contribution in [0, 0.1) is 5.41 Å². The third-order valence-electron chi connectivity index (χ3n) is 2.49. The first-order valence-corrected chi connectivity index (χ1v) is 6.34. The van der Waals surface area contributed by atoms with Gasteiger partial charge in [-0.25, -0.2) is 0 Å². The fourth-order valence-electron chi connectivity index (χ4n) is 1.95. The molecule has 0 aromatic carbocycles. The molecule has 2 heteroatoms. The van der Waals surface area contributed by atoms with Crippen molar-refractivity contribution in [2.45, 2.75) is 52.9 Å². The van der Waals surface area contributed by atoms with E-state index in [2.05, 4.69) is 32.7 Å². The topological polar surface area (TPSA) is 29.3 Å². The van der Waals surface area contributed by atoms with E-state index < -0.39 is 0 Å². The van der Waals surface area contributed by atoms with Crippen molar-refractivity contribution >= 4 is 0 Å². The van der Waals surface area contributed by atoms with Gasteiger partial charge < -0.3 is 10.6 Å². The van der Waals surface area contributed by atoms with E-state index in [0.29, 0.717) is 5.41 Å². The summed E-state index contributed by atoms with van der Waals surface area (Å²) in [6.07, 6.45) is 6.53. The Morgan fingerprint density at radius 2 is 1.47 bits per heavy atom. The van der Waals surface area contributed by atoms with E-state index in [-0.39, 0.29) is 0 Å². The molecule has 0 heterocycles. The lowest BCUT2D eigenvalue weighted by Crippen LogP contribution is -2.30. The predicted octanol–water partition coefficient (Wildman–Crippen LogP) is 2.87. The van der Waals surface area contributed by atoms with Crippen LogP contribution < -0.4 is 5.73 Å². The molecule has 92 valence electrons. The van der Waals surface area contributed by atoms with Crippen LogP contribution >= 0.6 is 0 Å². The summed E-state index contributed by atoms with van der Waals surface area (Å²) < 4.78 is 0. The van der Waals surface area contributed by atoms with Crippen molar-refractivity contribution in [2.75, 3.05) is 26.7 Å². The molecule has 0 unspecified atom stereocenters. The molecule has 15 heavy (non-hydrogen) atoms. The highest BCUT2D eigenvalue weighted by molar-refractivity contribution is 4.66. The third kappa shape index (κ3) is 11.8. The van der Waals surface area contributed by atoms with Crippen molar-refractivity contribution in [3.63, 3.8) is 0 Å². The zero-order valence-corrected chi connectivity index (χ0v) is 11.2. The van der Waals surface area contributed by atoms with E-state index in [1.54, 1.807) is 0 Å². The molecule has 0 saturated heterocycles. The van der Waals surface area contributed by atoms with Gasteiger partial charge in [0.1, 0.15) is 0 Å². The lowest BCUT2D eigenvalue weighted by atomic mass is 9.96. The molecule has 0 aromatic heterocycles. The number of unbranched alkanes of at least 4 members (excludes halogenated alkanes) is 4. The fraction of sp³-hybridized carbons (Fsp3) is 1.00. The zero-order valence-electron chi connectivity index (χ0n) is 11.2. The molecular weight excluding hydrogens is 184 g/mol. The number of rotatable bonds is 8. The van der Waals surface area contributed by atoms with Gasteiger partial charge in [0.25, 0.3) is 0 Å². The Bertz CT molecular complexity index is 138. The highest BCUT2D eigenvalue weighted by atomic mass is 15.1. The molecule has 0 amide bonds. The molecule has 0 aliphatic heterocycles. The minimum atomic E-state index is 0.425. The Balaban J connectivity index is 3.28. The number of hydrogen-bond donors (Lipinski definition) is 1. The maximum atomic E-state index is 5.45. The van der Waals surface area contributed by atoms with Crippen molar-refractivity contribution in [1.29, 1.82) is 0 Å². The molecule has 2 nitrogen and oxygen atoms in total. The Labute approximate surface area is 96.2 Å². The van der Waals surface area contributed by atoms with E-state index in [9.17, 15) is 0 Å². The van der Waals surface area contributed by atoms with E-state index in [1.165, 1.54) is 45.2 Å². The van der Waals surface area contributed by atoms with Crippen LogP contribution in [0.2, 0.25) is 0 Å². The van der Waals surface area contributed by atoms with Crippen LogP contribution in [0.1, 0.15) is 52.9 Å². The second kappa shape index (κ2) is 8.12. The summed E-state index contributed by atoms with van der Waals surface area (Å²) in [7, 11) is 2.23. The van der Waals surface area contributed by atoms with Crippen LogP contribution in [0.15, 0.2) is 0 Å². The maximum Gasteiger partial charge on any atom is 0.00270 e. The molecule has 0 aromatic rings. The second-order valence-corrected chi connectivity index (χ2v) is 5.85. The summed E-state index contributed by atoms with van der Waals surface area (Å²) in [4.78, 5) is 2.45. The van der Waals surface area contributed by atoms with Crippen molar-refractivity contribution in [1.82, 2.24) is 4.90 Å². The summed E-state index contributed by atoms with van der Waals surface area (Å²) in [5, 5.41) is 0. The van der Waals surface area contributed by atoms with Crippen molar-refractivity contribution in [3.05, 3.63) is 0 Å². The Morgan fingerprint density at radius 1 is 0.933 bits per heavy atom. The summed E-state index contributed by atoms with van der Waals surface area (Å²) in [6.45, 7) is 10.2. The van der Waals surface area contributed by atoms with Gasteiger partial charge >= 0.3 is 0 Å². The molecular formula is C13H30N2. The Kier molecular flexibility index (Phi) is 8.07. The van der Waals surface area contributed by atoms with Gasteiger partial charge in [0.2, 0.25) is 0 Å². The highest BCUT2D eigenvalue weighted by Gasteiger charge is 2.12. The lowest BCUT2D eigenvalue weighted by Gasteiger charge is -2.26. The first-order valence-electron chi connectivity index (χ1n) is 6.34. The van der Waals surface area contributed by atoms with Crippen molar-refractivity contribution in [3.8, 4) is 0 Å². The summed E-state index contributed by atoms with van der Waals surface area (Å²) in [5.74, 6) is 0. The highest BCUT2D eigenvalue weighted by Crippen LogP contribution is 2.14. The first-order chi connectivity index (χ1) is 6.95. The summed E-state index contributed by atoms with van der Waals surface area (Å²) in [5.41, 5.74) is 5.88. The fourth-order valence-corrected chi connectivity index (χ4v) is 1.95. The molecule has 0 radical (unpaired) electrons. The zero-order chi connectivity index (χ0) is 11.7. The summed E-state index contributed by atoms with van der Waals surface area (Å²) in [6, 6.07) is 0. The van der Waals surface area contributed by atoms with E-state index >= 15 is 0 Å². The predicted molar refractivity (Wildman–Crippen MR) is 69.1 cm³/mol. The number of nitrogens with zero attached hydrogens (tertiary/aromatic N) is 1. The quantitative estimate of drug-likeness (QED) is 0.630. The van der Waals surface area contributed by atoms with Crippen LogP contribution in [-0.2, 0) is 0 Å². The van der Waals surface area contributed by atoms with E-state index in [0.717, 1.165) is 6.54 Å². The van der Waals surface area contributed by atoms with E-state index in [4.69, 9.17) is 5.73 Å². The van der Waals surface area contributed by atoms with Crippen LogP contribution in [0.4, 0.5) is 0 Å². The molecule has 2 N–H and O–H groups in total. The number of nitrogens with two attached hydrogens (primary N) is 1. The third-order valence-corrected chi connectivity index (χ3v) is 2.49. The second-order valence-electron chi connectivity index (χ2n) is 5.85. The molecule has 0 aliphatic carbocycles. The van der Waals surface area contributed by atoms with Crippen LogP contribution in [0.25, 0.3) is 0 Å². The SMILES string of the molecule is CN(CCCCCCCN)CC(C)(C)C. The Hall–Kier alpha value is -0.0800. The monoisotopic (exact) mass is 214 g/mol. The van der Waals surface area contributed by atoms with Gasteiger partial charge in [0.15, 0.2) is 0 Å². The average molecular weight is 214 g/mol. The molecule has 0 fully saturated rings. The molecule has 0 bridgehead atoms. The van der Waals surface area contributed by atoms with Crippen LogP contribution in [-0.4, -0.2) is 31.6 Å². The van der Waals surface area contributed by atoms with Gasteiger partial charge in [0, 0.05) is 6.54 Å².